The zero-order valence-corrected chi connectivity index (χ0v) is 10.5. The number of ether oxygens (including phenoxy) is 1. The largest absolute Gasteiger partial charge is 0.379 e. The summed E-state index contributed by atoms with van der Waals surface area (Å²) in [6, 6.07) is 1.71. The van der Waals surface area contributed by atoms with Crippen molar-refractivity contribution >= 4 is 17.4 Å². The molecule has 4 nitrogen and oxygen atoms in total. The van der Waals surface area contributed by atoms with Crippen LogP contribution < -0.4 is 5.32 Å². The van der Waals surface area contributed by atoms with E-state index in [1.807, 2.05) is 13.8 Å². The summed E-state index contributed by atoms with van der Waals surface area (Å²) in [6.07, 6.45) is 3.86. The highest BCUT2D eigenvalue weighted by atomic mass is 35.5. The van der Waals surface area contributed by atoms with Crippen LogP contribution >= 0.6 is 11.6 Å². The number of anilines is 1. The predicted molar refractivity (Wildman–Crippen MR) is 65.9 cm³/mol. The second-order valence-electron chi connectivity index (χ2n) is 3.78. The maximum Gasteiger partial charge on any atom is 0.134 e. The fraction of sp³-hybridized carbons (Fsp3) is 0.636. The molecule has 0 unspecified atom stereocenters. The van der Waals surface area contributed by atoms with Crippen molar-refractivity contribution in [2.75, 3.05) is 18.5 Å². The number of nitrogens with zero attached hydrogens (tertiary/aromatic N) is 2. The van der Waals surface area contributed by atoms with Crippen molar-refractivity contribution in [2.24, 2.45) is 0 Å². The highest BCUT2D eigenvalue weighted by Crippen LogP contribution is 2.08. The molecule has 1 heterocycles. The van der Waals surface area contributed by atoms with Gasteiger partial charge in [0.2, 0.25) is 0 Å². The molecule has 1 aromatic heterocycles. The summed E-state index contributed by atoms with van der Waals surface area (Å²) in [4.78, 5) is 7.86. The molecule has 0 atom stereocenters. The van der Waals surface area contributed by atoms with Gasteiger partial charge in [0.25, 0.3) is 0 Å². The van der Waals surface area contributed by atoms with Gasteiger partial charge in [-0.1, -0.05) is 11.6 Å². The molecule has 0 fully saturated rings. The summed E-state index contributed by atoms with van der Waals surface area (Å²) in [7, 11) is 0. The lowest BCUT2D eigenvalue weighted by molar-refractivity contribution is 0.0765. The molecule has 0 radical (unpaired) electrons. The highest BCUT2D eigenvalue weighted by Gasteiger charge is 1.96. The molecule has 0 amide bonds. The normalized spacial score (nSPS) is 10.8. The SMILES string of the molecule is CC(C)OCCCCNc1cc(Cl)ncn1. The molecule has 90 valence electrons. The molecule has 0 aliphatic heterocycles. The third-order valence-corrected chi connectivity index (χ3v) is 2.17. The molecule has 0 saturated heterocycles. The second-order valence-corrected chi connectivity index (χ2v) is 4.17. The van der Waals surface area contributed by atoms with E-state index in [1.165, 1.54) is 6.33 Å². The molecule has 1 rings (SSSR count). The first-order valence-electron chi connectivity index (χ1n) is 5.51. The minimum atomic E-state index is 0.314. The molecule has 0 aliphatic rings. The van der Waals surface area contributed by atoms with Crippen LogP contribution in [0.2, 0.25) is 5.15 Å². The van der Waals surface area contributed by atoms with E-state index < -0.39 is 0 Å². The molecule has 0 aromatic carbocycles. The average molecular weight is 244 g/mol. The molecule has 0 bridgehead atoms. The number of halogens is 1. The summed E-state index contributed by atoms with van der Waals surface area (Å²) in [6.45, 7) is 5.76. The number of nitrogens with one attached hydrogen (secondary N) is 1. The van der Waals surface area contributed by atoms with E-state index in [4.69, 9.17) is 16.3 Å². The molecule has 1 aromatic rings. The van der Waals surface area contributed by atoms with Crippen LogP contribution in [-0.4, -0.2) is 29.2 Å². The van der Waals surface area contributed by atoms with Crippen LogP contribution in [0, 0.1) is 0 Å². The van der Waals surface area contributed by atoms with E-state index in [0.717, 1.165) is 31.8 Å². The molecule has 16 heavy (non-hydrogen) atoms. The minimum Gasteiger partial charge on any atom is -0.379 e. The monoisotopic (exact) mass is 243 g/mol. The van der Waals surface area contributed by atoms with E-state index in [-0.39, 0.29) is 0 Å². The Balaban J connectivity index is 2.07. The molecule has 1 N–H and O–H groups in total. The van der Waals surface area contributed by atoms with E-state index in [2.05, 4.69) is 15.3 Å². The van der Waals surface area contributed by atoms with Crippen LogP contribution in [0.4, 0.5) is 5.82 Å². The van der Waals surface area contributed by atoms with Gasteiger partial charge in [0, 0.05) is 19.2 Å². The summed E-state index contributed by atoms with van der Waals surface area (Å²) >= 11 is 5.73. The van der Waals surface area contributed by atoms with Gasteiger partial charge in [-0.15, -0.1) is 0 Å². The Morgan fingerprint density at radius 2 is 2.19 bits per heavy atom. The lowest BCUT2D eigenvalue weighted by Crippen LogP contribution is -2.07. The second kappa shape index (κ2) is 7.41. The molecular formula is C11H18ClN3O. The van der Waals surface area contributed by atoms with Crippen LogP contribution in [0.3, 0.4) is 0 Å². The lowest BCUT2D eigenvalue weighted by Gasteiger charge is -2.08. The average Bonchev–Trinajstić information content (AvgIpc) is 2.23. The minimum absolute atomic E-state index is 0.314. The molecule has 0 aliphatic carbocycles. The van der Waals surface area contributed by atoms with Crippen molar-refractivity contribution in [2.45, 2.75) is 32.8 Å². The van der Waals surface area contributed by atoms with Crippen molar-refractivity contribution in [1.29, 1.82) is 0 Å². The first-order chi connectivity index (χ1) is 7.68. The van der Waals surface area contributed by atoms with Gasteiger partial charge >= 0.3 is 0 Å². The molecule has 0 spiro atoms. The third kappa shape index (κ3) is 5.88. The first-order valence-corrected chi connectivity index (χ1v) is 5.89. The van der Waals surface area contributed by atoms with E-state index in [0.29, 0.717) is 11.3 Å². The van der Waals surface area contributed by atoms with Gasteiger partial charge in [-0.05, 0) is 26.7 Å². The third-order valence-electron chi connectivity index (χ3n) is 1.96. The number of rotatable bonds is 7. The summed E-state index contributed by atoms with van der Waals surface area (Å²) in [5.41, 5.74) is 0. The van der Waals surface area contributed by atoms with Gasteiger partial charge in [0.1, 0.15) is 17.3 Å². The Bertz CT molecular complexity index is 307. The van der Waals surface area contributed by atoms with E-state index in [9.17, 15) is 0 Å². The standard InChI is InChI=1S/C11H18ClN3O/c1-9(2)16-6-4-3-5-13-11-7-10(12)14-8-15-11/h7-9H,3-6H2,1-2H3,(H,13,14,15). The van der Waals surface area contributed by atoms with Gasteiger partial charge in [-0.3, -0.25) is 0 Å². The van der Waals surface area contributed by atoms with Crippen molar-refractivity contribution in [3.8, 4) is 0 Å². The fourth-order valence-electron chi connectivity index (χ4n) is 1.19. The maximum atomic E-state index is 5.73. The number of unbranched alkanes of at least 4 members (excludes halogenated alkanes) is 1. The van der Waals surface area contributed by atoms with E-state index in [1.54, 1.807) is 6.07 Å². The summed E-state index contributed by atoms with van der Waals surface area (Å²) < 4.78 is 5.44. The Morgan fingerprint density at radius 1 is 1.38 bits per heavy atom. The van der Waals surface area contributed by atoms with Crippen LogP contribution in [0.1, 0.15) is 26.7 Å². The van der Waals surface area contributed by atoms with Gasteiger partial charge in [0.15, 0.2) is 0 Å². The topological polar surface area (TPSA) is 47.0 Å². The maximum absolute atomic E-state index is 5.73. The van der Waals surface area contributed by atoms with Crippen molar-refractivity contribution in [1.82, 2.24) is 9.97 Å². The quantitative estimate of drug-likeness (QED) is 0.591. The fourth-order valence-corrected chi connectivity index (χ4v) is 1.34. The summed E-state index contributed by atoms with van der Waals surface area (Å²) in [5.74, 6) is 0.768. The van der Waals surface area contributed by atoms with Gasteiger partial charge in [0.05, 0.1) is 6.10 Å². The smallest absolute Gasteiger partial charge is 0.134 e. The Morgan fingerprint density at radius 3 is 2.88 bits per heavy atom. The number of hydrogen-bond acceptors (Lipinski definition) is 4. The van der Waals surface area contributed by atoms with Crippen LogP contribution in [0.15, 0.2) is 12.4 Å². The first kappa shape index (κ1) is 13.2. The summed E-state index contributed by atoms with van der Waals surface area (Å²) in [5, 5.41) is 3.64. The van der Waals surface area contributed by atoms with Crippen molar-refractivity contribution in [3.05, 3.63) is 17.5 Å². The van der Waals surface area contributed by atoms with Crippen molar-refractivity contribution in [3.63, 3.8) is 0 Å². The zero-order chi connectivity index (χ0) is 11.8. The van der Waals surface area contributed by atoms with Crippen LogP contribution in [-0.2, 0) is 4.74 Å². The molecule has 0 saturated carbocycles. The Hall–Kier alpha value is -0.870. The molecule has 5 heteroatoms. The Labute approximate surface area is 101 Å². The number of aromatic nitrogens is 2. The van der Waals surface area contributed by atoms with E-state index >= 15 is 0 Å². The van der Waals surface area contributed by atoms with Crippen LogP contribution in [0.5, 0.6) is 0 Å². The van der Waals surface area contributed by atoms with Gasteiger partial charge in [-0.2, -0.15) is 0 Å². The van der Waals surface area contributed by atoms with Gasteiger partial charge in [-0.25, -0.2) is 9.97 Å². The predicted octanol–water partition coefficient (Wildman–Crippen LogP) is 2.75. The zero-order valence-electron chi connectivity index (χ0n) is 9.74. The Kier molecular flexibility index (Phi) is 6.11. The number of hydrogen-bond donors (Lipinski definition) is 1. The lowest BCUT2D eigenvalue weighted by atomic mass is 10.3. The molecular weight excluding hydrogens is 226 g/mol. The highest BCUT2D eigenvalue weighted by molar-refractivity contribution is 6.29. The van der Waals surface area contributed by atoms with Crippen LogP contribution in [0.25, 0.3) is 0 Å². The van der Waals surface area contributed by atoms with Gasteiger partial charge < -0.3 is 10.1 Å². The van der Waals surface area contributed by atoms with Crippen molar-refractivity contribution < 1.29 is 4.74 Å².